The second-order valence-electron chi connectivity index (χ2n) is 14.6. The van der Waals surface area contributed by atoms with Gasteiger partial charge in [-0.25, -0.2) is 0 Å². The third-order valence-electron chi connectivity index (χ3n) is 10.4. The summed E-state index contributed by atoms with van der Waals surface area (Å²) in [5.41, 5.74) is 16.6. The van der Waals surface area contributed by atoms with Gasteiger partial charge in [0.05, 0.1) is 6.04 Å². The number of thiazole rings is 1. The van der Waals surface area contributed by atoms with Crippen molar-refractivity contribution >= 4 is 56.2 Å². The monoisotopic (exact) mass is 889 g/mol. The van der Waals surface area contributed by atoms with E-state index in [-0.39, 0.29) is 23.3 Å². The number of ether oxygens (including phenoxy) is 1. The molecule has 18 nitrogen and oxygen atoms in total. The van der Waals surface area contributed by atoms with Crippen molar-refractivity contribution in [2.24, 2.45) is 27.0 Å². The molecular formula is C32H42IN8O10S2-. The Morgan fingerprint density at radius 3 is 2.51 bits per heavy atom. The summed E-state index contributed by atoms with van der Waals surface area (Å²) in [6, 6.07) is 5.88. The first-order valence-electron chi connectivity index (χ1n) is 16.8. The second-order valence-corrected chi connectivity index (χ2v) is 18.9. The molecule has 9 N–H and O–H groups in total. The Kier molecular flexibility index (Phi) is 10.7. The fourth-order valence-electron chi connectivity index (χ4n) is 7.27. The van der Waals surface area contributed by atoms with Crippen LogP contribution in [0.15, 0.2) is 33.7 Å². The zero-order valence-electron chi connectivity index (χ0n) is 29.2. The van der Waals surface area contributed by atoms with Crippen molar-refractivity contribution in [3.63, 3.8) is 0 Å². The molecule has 4 aliphatic rings. The summed E-state index contributed by atoms with van der Waals surface area (Å²) in [6.45, 7) is 4.28. The minimum absolute atomic E-state index is 0.000985. The van der Waals surface area contributed by atoms with Crippen LogP contribution in [0, 0.1) is 5.41 Å². The van der Waals surface area contributed by atoms with E-state index < -0.39 is 76.5 Å². The molecule has 6 rings (SSSR count). The molecule has 3 heterocycles. The molecule has 0 unspecified atom stereocenters. The topological polar surface area (TPSA) is 284 Å². The van der Waals surface area contributed by atoms with E-state index in [1.165, 1.54) is 26.2 Å². The molecule has 2 aliphatic carbocycles. The van der Waals surface area contributed by atoms with E-state index in [2.05, 4.69) is 18.0 Å². The molecule has 290 valence electrons. The number of β-lactam (4-membered cyclic amide) rings is 1. The molecule has 1 spiro atoms. The maximum absolute atomic E-state index is 13.5. The van der Waals surface area contributed by atoms with Gasteiger partial charge in [0.1, 0.15) is 5.84 Å². The fraction of sp³-hybridized carbons (Fsp3) is 0.562. The summed E-state index contributed by atoms with van der Waals surface area (Å²) in [5.74, 6) is -2.10. The number of oxime groups is 1. The van der Waals surface area contributed by atoms with Crippen molar-refractivity contribution in [1.29, 1.82) is 0 Å². The number of rotatable bonds is 12. The SMILES string of the molecule is CC1(C)[C@H]([I-]NC(=O)/C(=N\O[C@](C)(C(=O)O)[C@H]2CCc3cc(C(N)=NC4CCC5(CC4)CC(N)C5)ccc3O2)c2csc(N)n2)C(=O)N1OS(=O)(=O)O. The molecule has 1 aromatic heterocycles. The predicted molar refractivity (Wildman–Crippen MR) is 187 cm³/mol. The number of hydroxylamine groups is 2. The zero-order chi connectivity index (χ0) is 38.5. The molecule has 2 amide bonds. The van der Waals surface area contributed by atoms with Crippen molar-refractivity contribution in [2.45, 2.75) is 105 Å². The van der Waals surface area contributed by atoms with Crippen LogP contribution in [-0.4, -0.2) is 90.7 Å². The van der Waals surface area contributed by atoms with Gasteiger partial charge in [-0.1, -0.05) is 0 Å². The van der Waals surface area contributed by atoms with Gasteiger partial charge in [0.15, 0.2) is 0 Å². The van der Waals surface area contributed by atoms with Gasteiger partial charge in [0.25, 0.3) is 0 Å². The Morgan fingerprint density at radius 1 is 1.23 bits per heavy atom. The number of amidine groups is 1. The van der Waals surface area contributed by atoms with Gasteiger partial charge in [-0.3, -0.25) is 4.99 Å². The third kappa shape index (κ3) is 8.09. The first kappa shape index (κ1) is 39.1. The van der Waals surface area contributed by atoms with Gasteiger partial charge in [-0.15, -0.1) is 0 Å². The molecule has 1 saturated heterocycles. The zero-order valence-corrected chi connectivity index (χ0v) is 32.9. The van der Waals surface area contributed by atoms with E-state index in [9.17, 15) is 27.9 Å². The average Bonchev–Trinajstić information content (AvgIpc) is 3.51. The van der Waals surface area contributed by atoms with Crippen molar-refractivity contribution in [3.8, 4) is 5.75 Å². The number of hydrogen-bond donors (Lipinski definition) is 6. The number of nitrogens with zero attached hydrogens (tertiary/aromatic N) is 4. The number of fused-ring (bicyclic) bond motifs is 1. The van der Waals surface area contributed by atoms with Gasteiger partial charge >= 0.3 is 244 Å². The number of anilines is 1. The number of aliphatic imine (C=N–C) groups is 1. The first-order valence-corrected chi connectivity index (χ1v) is 21.4. The van der Waals surface area contributed by atoms with Crippen LogP contribution in [0.2, 0.25) is 0 Å². The van der Waals surface area contributed by atoms with E-state index in [0.29, 0.717) is 34.5 Å². The molecule has 1 aromatic carbocycles. The Hall–Kier alpha value is -3.64. The Labute approximate surface area is 320 Å². The Balaban J connectivity index is 1.13. The number of carbonyl (C=O) groups is 3. The van der Waals surface area contributed by atoms with Crippen LogP contribution in [0.25, 0.3) is 0 Å². The third-order valence-corrected chi connectivity index (χ3v) is 14.8. The van der Waals surface area contributed by atoms with E-state index in [0.717, 1.165) is 61.0 Å². The van der Waals surface area contributed by atoms with E-state index in [4.69, 9.17) is 36.3 Å². The number of halogens is 1. The first-order chi connectivity index (χ1) is 24.8. The Morgan fingerprint density at radius 2 is 1.92 bits per heavy atom. The number of carbonyl (C=O) groups excluding carboxylic acids is 2. The summed E-state index contributed by atoms with van der Waals surface area (Å²) in [7, 11) is -4.95. The van der Waals surface area contributed by atoms with Crippen molar-refractivity contribution in [3.05, 3.63) is 40.4 Å². The number of aromatic nitrogens is 1. The van der Waals surface area contributed by atoms with Crippen LogP contribution in [0.4, 0.5) is 5.13 Å². The second kappa shape index (κ2) is 14.5. The molecule has 53 heavy (non-hydrogen) atoms. The number of aliphatic carboxylic acids is 1. The summed E-state index contributed by atoms with van der Waals surface area (Å²) >= 11 is -0.514. The van der Waals surface area contributed by atoms with Crippen LogP contribution in [0.5, 0.6) is 5.75 Å². The molecule has 2 aliphatic heterocycles. The van der Waals surface area contributed by atoms with Gasteiger partial charge in [-0.2, -0.15) is 0 Å². The van der Waals surface area contributed by atoms with Crippen LogP contribution < -0.4 is 46.9 Å². The number of nitrogens with one attached hydrogen (secondary N) is 1. The minimum atomic E-state index is -4.95. The molecule has 3 atom stereocenters. The van der Waals surface area contributed by atoms with Crippen molar-refractivity contribution < 1.29 is 67.8 Å². The summed E-state index contributed by atoms with van der Waals surface area (Å²) < 4.78 is 43.7. The molecule has 3 fully saturated rings. The average molecular weight is 890 g/mol. The standard InChI is InChI=1S/C32H42IN8O10S2/c1-30(2)24(27(43)41(30)51-53(46,47)48)33-39-26(42)23(20-15-52-29(36)38-20)40-50-31(3,28(44)45)22-7-5-16-12-17(4-6-21(16)49-22)25(35)37-19-8-10-32(11-9-19)13-18(34)14-32/h4,6,12,15,18-19,22,24H,5,7-11,13-14,34H2,1-3H3,(H2,35,37)(H2,36,38)(H,39,42)(H,44,45)(H,46,47,48)/q-1/b40-23-/t18?,19?,22-,24-,31+,32?/m1/s1. The summed E-state index contributed by atoms with van der Waals surface area (Å²) in [6.07, 6.45) is 6.00. The molecular weight excluding hydrogens is 847 g/mol. The number of aryl methyl sites for hydroxylation is 1. The molecule has 21 heteroatoms. The van der Waals surface area contributed by atoms with E-state index in [1.807, 2.05) is 6.07 Å². The van der Waals surface area contributed by atoms with Gasteiger partial charge in [0.2, 0.25) is 0 Å². The van der Waals surface area contributed by atoms with E-state index >= 15 is 0 Å². The number of alkyl halides is 1. The number of carboxylic acid groups (broad SMARTS) is 1. The van der Waals surface area contributed by atoms with Crippen LogP contribution >= 0.6 is 11.3 Å². The Bertz CT molecular complexity index is 1960. The normalized spacial score (nSPS) is 28.2. The number of amides is 2. The molecule has 0 radical (unpaired) electrons. The quantitative estimate of drug-likeness (QED) is 0.0202. The summed E-state index contributed by atoms with van der Waals surface area (Å²) in [5, 5.41) is 16.4. The number of carboxylic acids is 1. The molecule has 2 aromatic rings. The van der Waals surface area contributed by atoms with Gasteiger partial charge in [0, 0.05) is 6.04 Å². The van der Waals surface area contributed by atoms with Crippen molar-refractivity contribution in [2.75, 3.05) is 5.73 Å². The van der Waals surface area contributed by atoms with E-state index in [1.54, 1.807) is 12.1 Å². The molecule has 0 bridgehead atoms. The van der Waals surface area contributed by atoms with Crippen LogP contribution in [0.3, 0.4) is 0 Å². The summed E-state index contributed by atoms with van der Waals surface area (Å²) in [4.78, 5) is 53.3. The van der Waals surface area contributed by atoms with Gasteiger partial charge < -0.3 is 11.5 Å². The number of nitrogen functional groups attached to an aromatic ring is 1. The van der Waals surface area contributed by atoms with Gasteiger partial charge in [-0.05, 0) is 43.9 Å². The fourth-order valence-corrected chi connectivity index (χ4v) is 10.7. The predicted octanol–water partition coefficient (Wildman–Crippen LogP) is -1.72. The van der Waals surface area contributed by atoms with Crippen molar-refractivity contribution in [1.82, 2.24) is 13.6 Å². The number of nitrogens with two attached hydrogens (primary N) is 3. The van der Waals surface area contributed by atoms with Crippen LogP contribution in [0.1, 0.15) is 82.5 Å². The number of hydrogen-bond acceptors (Lipinski definition) is 14. The number of benzene rings is 1. The van der Waals surface area contributed by atoms with Crippen LogP contribution in [-0.2, 0) is 40.3 Å². The maximum atomic E-state index is 13.5. The molecule has 2 saturated carbocycles.